The van der Waals surface area contributed by atoms with Crippen LogP contribution in [0.5, 0.6) is 0 Å². The van der Waals surface area contributed by atoms with Crippen LogP contribution in [0.4, 0.5) is 0 Å². The highest BCUT2D eigenvalue weighted by molar-refractivity contribution is 5.70. The molecular weight excluding hydrogens is 266 g/mol. The van der Waals surface area contributed by atoms with Gasteiger partial charge in [0.15, 0.2) is 0 Å². The minimum absolute atomic E-state index is 0.0289. The van der Waals surface area contributed by atoms with Gasteiger partial charge in [0, 0.05) is 6.54 Å². The molecule has 0 aliphatic rings. The summed E-state index contributed by atoms with van der Waals surface area (Å²) in [4.78, 5) is 10.6. The maximum Gasteiger partial charge on any atom is 0.307 e. The van der Waals surface area contributed by atoms with Crippen molar-refractivity contribution in [3.05, 3.63) is 71.3 Å². The summed E-state index contributed by atoms with van der Waals surface area (Å²) in [6.07, 6.45) is 0.0387. The van der Waals surface area contributed by atoms with Crippen LogP contribution in [-0.4, -0.2) is 22.8 Å². The van der Waals surface area contributed by atoms with Crippen LogP contribution >= 0.6 is 0 Å². The molecule has 0 amide bonds. The van der Waals surface area contributed by atoms with Crippen molar-refractivity contribution in [2.45, 2.75) is 19.0 Å². The van der Waals surface area contributed by atoms with Crippen LogP contribution in [-0.2, 0) is 17.8 Å². The minimum atomic E-state index is -0.828. The van der Waals surface area contributed by atoms with Crippen LogP contribution in [0.25, 0.3) is 0 Å². The van der Waals surface area contributed by atoms with Crippen LogP contribution in [0.3, 0.4) is 0 Å². The SMILES string of the molecule is O=C(O)Cc1ccc(CNC(CO)c2ccccc2)cc1. The molecule has 2 aromatic carbocycles. The number of aliphatic carboxylic acids is 1. The first-order valence-corrected chi connectivity index (χ1v) is 6.88. The van der Waals surface area contributed by atoms with Crippen molar-refractivity contribution >= 4 is 5.97 Å². The fourth-order valence-electron chi connectivity index (χ4n) is 2.16. The topological polar surface area (TPSA) is 69.6 Å². The van der Waals surface area contributed by atoms with E-state index in [9.17, 15) is 9.90 Å². The maximum absolute atomic E-state index is 10.6. The third-order valence-electron chi connectivity index (χ3n) is 3.32. The average Bonchev–Trinajstić information content (AvgIpc) is 2.50. The highest BCUT2D eigenvalue weighted by atomic mass is 16.4. The summed E-state index contributed by atoms with van der Waals surface area (Å²) in [5.41, 5.74) is 2.88. The smallest absolute Gasteiger partial charge is 0.307 e. The van der Waals surface area contributed by atoms with Gasteiger partial charge in [-0.25, -0.2) is 0 Å². The fourth-order valence-corrected chi connectivity index (χ4v) is 2.16. The van der Waals surface area contributed by atoms with Crippen molar-refractivity contribution < 1.29 is 15.0 Å². The first-order valence-electron chi connectivity index (χ1n) is 6.88. The van der Waals surface area contributed by atoms with Crippen molar-refractivity contribution in [3.63, 3.8) is 0 Å². The molecule has 2 rings (SSSR count). The second-order valence-electron chi connectivity index (χ2n) is 4.91. The molecule has 0 bridgehead atoms. The zero-order valence-corrected chi connectivity index (χ0v) is 11.7. The first-order chi connectivity index (χ1) is 10.2. The third-order valence-corrected chi connectivity index (χ3v) is 3.32. The molecule has 0 heterocycles. The summed E-state index contributed by atoms with van der Waals surface area (Å²) in [5, 5.41) is 21.5. The van der Waals surface area contributed by atoms with Crippen LogP contribution in [0.1, 0.15) is 22.7 Å². The van der Waals surface area contributed by atoms with Crippen LogP contribution in [0.15, 0.2) is 54.6 Å². The zero-order chi connectivity index (χ0) is 15.1. The van der Waals surface area contributed by atoms with Gasteiger partial charge in [0.1, 0.15) is 0 Å². The maximum atomic E-state index is 10.6. The number of carbonyl (C=O) groups is 1. The fraction of sp³-hybridized carbons (Fsp3) is 0.235. The van der Waals surface area contributed by atoms with E-state index in [1.807, 2.05) is 54.6 Å². The molecule has 0 saturated carbocycles. The molecule has 4 heteroatoms. The Labute approximate surface area is 124 Å². The van der Waals surface area contributed by atoms with E-state index in [4.69, 9.17) is 5.11 Å². The number of carboxylic acid groups (broad SMARTS) is 1. The van der Waals surface area contributed by atoms with Crippen molar-refractivity contribution in [2.75, 3.05) is 6.61 Å². The van der Waals surface area contributed by atoms with Gasteiger partial charge in [-0.2, -0.15) is 0 Å². The van der Waals surface area contributed by atoms with Gasteiger partial charge in [0.2, 0.25) is 0 Å². The Hall–Kier alpha value is -2.17. The first kappa shape index (κ1) is 15.2. The summed E-state index contributed by atoms with van der Waals surface area (Å²) < 4.78 is 0. The molecule has 0 aromatic heterocycles. The predicted molar refractivity (Wildman–Crippen MR) is 80.9 cm³/mol. The van der Waals surface area contributed by atoms with E-state index in [1.165, 1.54) is 0 Å². The Morgan fingerprint density at radius 2 is 1.62 bits per heavy atom. The molecule has 0 fully saturated rings. The third kappa shape index (κ3) is 4.70. The lowest BCUT2D eigenvalue weighted by Gasteiger charge is -2.16. The van der Waals surface area contributed by atoms with Gasteiger partial charge in [-0.05, 0) is 16.7 Å². The standard InChI is InChI=1S/C17H19NO3/c19-12-16(15-4-2-1-3-5-15)18-11-14-8-6-13(7-9-14)10-17(20)21/h1-9,16,18-19H,10-12H2,(H,20,21). The highest BCUT2D eigenvalue weighted by Gasteiger charge is 2.09. The van der Waals surface area contributed by atoms with E-state index < -0.39 is 5.97 Å². The van der Waals surface area contributed by atoms with E-state index in [0.29, 0.717) is 6.54 Å². The summed E-state index contributed by atoms with van der Waals surface area (Å²) >= 11 is 0. The number of carboxylic acids is 1. The number of hydrogen-bond donors (Lipinski definition) is 3. The average molecular weight is 285 g/mol. The molecule has 3 N–H and O–H groups in total. The number of hydrogen-bond acceptors (Lipinski definition) is 3. The van der Waals surface area contributed by atoms with Gasteiger partial charge < -0.3 is 15.5 Å². The van der Waals surface area contributed by atoms with Crippen molar-refractivity contribution in [3.8, 4) is 0 Å². The second-order valence-corrected chi connectivity index (χ2v) is 4.91. The minimum Gasteiger partial charge on any atom is -0.481 e. The van der Waals surface area contributed by atoms with E-state index in [0.717, 1.165) is 16.7 Å². The number of benzene rings is 2. The molecule has 4 nitrogen and oxygen atoms in total. The van der Waals surface area contributed by atoms with Crippen molar-refractivity contribution in [1.82, 2.24) is 5.32 Å². The van der Waals surface area contributed by atoms with Gasteiger partial charge >= 0.3 is 5.97 Å². The summed E-state index contributed by atoms with van der Waals surface area (Å²) in [7, 11) is 0. The summed E-state index contributed by atoms with van der Waals surface area (Å²) in [6.45, 7) is 0.647. The molecule has 0 saturated heterocycles. The van der Waals surface area contributed by atoms with Gasteiger partial charge in [-0.15, -0.1) is 0 Å². The molecule has 0 radical (unpaired) electrons. The molecule has 0 aliphatic heterocycles. The van der Waals surface area contributed by atoms with E-state index in [-0.39, 0.29) is 19.1 Å². The van der Waals surface area contributed by atoms with E-state index in [1.54, 1.807) is 0 Å². The van der Waals surface area contributed by atoms with E-state index in [2.05, 4.69) is 5.32 Å². The van der Waals surface area contributed by atoms with Gasteiger partial charge in [0.25, 0.3) is 0 Å². The Bertz CT molecular complexity index is 566. The van der Waals surface area contributed by atoms with Crippen LogP contribution in [0.2, 0.25) is 0 Å². The Balaban J connectivity index is 1.94. The molecule has 1 unspecified atom stereocenters. The van der Waals surface area contributed by atoms with E-state index >= 15 is 0 Å². The lowest BCUT2D eigenvalue weighted by Crippen LogP contribution is -2.23. The van der Waals surface area contributed by atoms with Gasteiger partial charge in [-0.1, -0.05) is 54.6 Å². The van der Waals surface area contributed by atoms with Gasteiger partial charge in [-0.3, -0.25) is 4.79 Å². The van der Waals surface area contributed by atoms with Crippen LogP contribution in [0, 0.1) is 0 Å². The molecule has 0 spiro atoms. The molecule has 2 aromatic rings. The van der Waals surface area contributed by atoms with Crippen LogP contribution < -0.4 is 5.32 Å². The Morgan fingerprint density at radius 3 is 2.19 bits per heavy atom. The Kier molecular flexibility index (Phi) is 5.49. The Morgan fingerprint density at radius 1 is 1.00 bits per heavy atom. The zero-order valence-electron chi connectivity index (χ0n) is 11.7. The molecule has 21 heavy (non-hydrogen) atoms. The summed E-state index contributed by atoms with van der Waals surface area (Å²) in [6, 6.07) is 17.1. The lowest BCUT2D eigenvalue weighted by atomic mass is 10.1. The number of rotatable bonds is 7. The largest absolute Gasteiger partial charge is 0.481 e. The van der Waals surface area contributed by atoms with Gasteiger partial charge in [0.05, 0.1) is 19.1 Å². The number of aliphatic hydroxyl groups excluding tert-OH is 1. The molecule has 1 atom stereocenters. The predicted octanol–water partition coefficient (Wildman–Crippen LogP) is 2.14. The molecule has 110 valence electrons. The monoisotopic (exact) mass is 285 g/mol. The van der Waals surface area contributed by atoms with Crippen molar-refractivity contribution in [2.24, 2.45) is 0 Å². The quantitative estimate of drug-likeness (QED) is 0.729. The number of aliphatic hydroxyl groups is 1. The lowest BCUT2D eigenvalue weighted by molar-refractivity contribution is -0.136. The normalized spacial score (nSPS) is 12.0. The number of nitrogens with one attached hydrogen (secondary N) is 1. The second kappa shape index (κ2) is 7.57. The highest BCUT2D eigenvalue weighted by Crippen LogP contribution is 2.13. The molecular formula is C17H19NO3. The molecule has 0 aliphatic carbocycles. The van der Waals surface area contributed by atoms with Crippen molar-refractivity contribution in [1.29, 1.82) is 0 Å². The summed E-state index contributed by atoms with van der Waals surface area (Å²) in [5.74, 6) is -0.828.